The van der Waals surface area contributed by atoms with Gasteiger partial charge in [-0.2, -0.15) is 0 Å². The van der Waals surface area contributed by atoms with Crippen LogP contribution in [0.3, 0.4) is 0 Å². The molecule has 16 heavy (non-hydrogen) atoms. The van der Waals surface area contributed by atoms with Gasteiger partial charge in [-0.15, -0.1) is 0 Å². The normalized spacial score (nSPS) is 13.7. The molecular weight excluding hydrogens is 341 g/mol. The monoisotopic (exact) mass is 355 g/mol. The van der Waals surface area contributed by atoms with Crippen molar-refractivity contribution < 1.29 is 13.2 Å². The Bertz CT molecular complexity index is 430. The Morgan fingerprint density at radius 1 is 1.38 bits per heavy atom. The number of hydrogen-bond donors (Lipinski definition) is 1. The Morgan fingerprint density at radius 2 is 1.94 bits per heavy atom. The molecule has 1 aromatic carbocycles. The molecule has 0 aliphatic rings. The summed E-state index contributed by atoms with van der Waals surface area (Å²) in [5.74, 6) is 0. The Morgan fingerprint density at radius 3 is 2.44 bits per heavy atom. The summed E-state index contributed by atoms with van der Waals surface area (Å²) in [7, 11) is -1.87. The highest BCUT2D eigenvalue weighted by atomic mass is 127. The van der Waals surface area contributed by atoms with Gasteiger partial charge in [0.1, 0.15) is 0 Å². The van der Waals surface area contributed by atoms with E-state index in [1.807, 2.05) is 0 Å². The van der Waals surface area contributed by atoms with Crippen LogP contribution >= 0.6 is 22.6 Å². The lowest BCUT2D eigenvalue weighted by Crippen LogP contribution is -2.31. The highest BCUT2D eigenvalue weighted by Gasteiger charge is 2.14. The first-order chi connectivity index (χ1) is 7.45. The number of hydrogen-bond acceptors (Lipinski definition) is 3. The summed E-state index contributed by atoms with van der Waals surface area (Å²) in [5.41, 5.74) is 0. The van der Waals surface area contributed by atoms with Crippen molar-refractivity contribution in [2.24, 2.45) is 0 Å². The molecule has 0 aromatic heterocycles. The lowest BCUT2D eigenvalue weighted by atomic mass is 10.4. The molecule has 0 aliphatic heterocycles. The molecule has 0 amide bonds. The molecule has 6 heteroatoms. The summed E-state index contributed by atoms with van der Waals surface area (Å²) in [5, 5.41) is 0. The Balaban J connectivity index is 2.74. The molecule has 0 saturated carbocycles. The number of rotatable bonds is 5. The smallest absolute Gasteiger partial charge is 0.240 e. The summed E-state index contributed by atoms with van der Waals surface area (Å²) in [6.45, 7) is 2.07. The minimum atomic E-state index is -3.42. The van der Waals surface area contributed by atoms with E-state index in [9.17, 15) is 8.42 Å². The third-order valence-corrected chi connectivity index (χ3v) is 4.25. The fourth-order valence-corrected chi connectivity index (χ4v) is 2.48. The van der Waals surface area contributed by atoms with Gasteiger partial charge in [0, 0.05) is 17.2 Å². The minimum Gasteiger partial charge on any atom is -0.380 e. The van der Waals surface area contributed by atoms with Crippen molar-refractivity contribution in [3.05, 3.63) is 27.8 Å². The molecule has 1 unspecified atom stereocenters. The number of ether oxygens (including phenoxy) is 1. The van der Waals surface area contributed by atoms with Crippen LogP contribution in [0.4, 0.5) is 0 Å². The van der Waals surface area contributed by atoms with Crippen LogP contribution in [0.5, 0.6) is 0 Å². The number of nitrogens with one attached hydrogen (secondary N) is 1. The topological polar surface area (TPSA) is 55.4 Å². The molecule has 1 aromatic rings. The van der Waals surface area contributed by atoms with Gasteiger partial charge in [-0.25, -0.2) is 13.1 Å². The quantitative estimate of drug-likeness (QED) is 0.817. The van der Waals surface area contributed by atoms with Gasteiger partial charge in [-0.3, -0.25) is 0 Å². The SMILES string of the molecule is COC(C)CNS(=O)(=O)c1ccc(I)cc1. The van der Waals surface area contributed by atoms with Crippen LogP contribution in [0.1, 0.15) is 6.92 Å². The van der Waals surface area contributed by atoms with E-state index in [2.05, 4.69) is 27.3 Å². The summed E-state index contributed by atoms with van der Waals surface area (Å²) in [6, 6.07) is 6.69. The fourth-order valence-electron chi connectivity index (χ4n) is 1.01. The van der Waals surface area contributed by atoms with E-state index >= 15 is 0 Å². The van der Waals surface area contributed by atoms with Gasteiger partial charge in [0.2, 0.25) is 10.0 Å². The minimum absolute atomic E-state index is 0.140. The molecule has 0 fully saturated rings. The molecule has 0 spiro atoms. The second-order valence-corrected chi connectivity index (χ2v) is 6.36. The molecule has 90 valence electrons. The number of sulfonamides is 1. The molecule has 0 heterocycles. The molecule has 0 bridgehead atoms. The Kier molecular flexibility index (Phi) is 5.16. The van der Waals surface area contributed by atoms with Crippen LogP contribution in [0.25, 0.3) is 0 Å². The molecule has 1 rings (SSSR count). The maximum atomic E-state index is 11.8. The summed E-state index contributed by atoms with van der Waals surface area (Å²) in [6.07, 6.45) is -0.140. The second-order valence-electron chi connectivity index (χ2n) is 3.35. The van der Waals surface area contributed by atoms with Gasteiger partial charge in [0.15, 0.2) is 0 Å². The lowest BCUT2D eigenvalue weighted by molar-refractivity contribution is 0.122. The predicted molar refractivity (Wildman–Crippen MR) is 70.8 cm³/mol. The fraction of sp³-hybridized carbons (Fsp3) is 0.400. The zero-order chi connectivity index (χ0) is 12.2. The van der Waals surface area contributed by atoms with Crippen LogP contribution in [0, 0.1) is 3.57 Å². The van der Waals surface area contributed by atoms with Crippen molar-refractivity contribution in [2.75, 3.05) is 13.7 Å². The average molecular weight is 355 g/mol. The van der Waals surface area contributed by atoms with Crippen LogP contribution in [0.2, 0.25) is 0 Å². The van der Waals surface area contributed by atoms with Crippen LogP contribution < -0.4 is 4.72 Å². The highest BCUT2D eigenvalue weighted by Crippen LogP contribution is 2.11. The lowest BCUT2D eigenvalue weighted by Gasteiger charge is -2.11. The maximum Gasteiger partial charge on any atom is 0.240 e. The molecule has 0 aliphatic carbocycles. The number of methoxy groups -OCH3 is 1. The second kappa shape index (κ2) is 5.95. The largest absolute Gasteiger partial charge is 0.380 e. The van der Waals surface area contributed by atoms with Gasteiger partial charge in [-0.1, -0.05) is 0 Å². The van der Waals surface area contributed by atoms with E-state index in [4.69, 9.17) is 4.74 Å². The zero-order valence-electron chi connectivity index (χ0n) is 9.10. The number of benzene rings is 1. The van der Waals surface area contributed by atoms with E-state index < -0.39 is 10.0 Å². The number of halogens is 1. The van der Waals surface area contributed by atoms with E-state index in [1.165, 1.54) is 0 Å². The van der Waals surface area contributed by atoms with Gasteiger partial charge >= 0.3 is 0 Å². The third kappa shape index (κ3) is 4.00. The van der Waals surface area contributed by atoms with Crippen molar-refractivity contribution in [1.29, 1.82) is 0 Å². The van der Waals surface area contributed by atoms with Crippen LogP contribution in [-0.4, -0.2) is 28.2 Å². The van der Waals surface area contributed by atoms with Gasteiger partial charge < -0.3 is 4.74 Å². The van der Waals surface area contributed by atoms with Crippen LogP contribution in [-0.2, 0) is 14.8 Å². The van der Waals surface area contributed by atoms with Crippen molar-refractivity contribution in [3.63, 3.8) is 0 Å². The average Bonchev–Trinajstić information content (AvgIpc) is 2.26. The van der Waals surface area contributed by atoms with Crippen molar-refractivity contribution >= 4 is 32.6 Å². The van der Waals surface area contributed by atoms with Gasteiger partial charge in [0.25, 0.3) is 0 Å². The predicted octanol–water partition coefficient (Wildman–Crippen LogP) is 1.60. The van der Waals surface area contributed by atoms with E-state index in [0.717, 1.165) is 3.57 Å². The van der Waals surface area contributed by atoms with E-state index in [0.29, 0.717) is 0 Å². The van der Waals surface area contributed by atoms with Crippen LogP contribution in [0.15, 0.2) is 29.2 Å². The molecule has 0 radical (unpaired) electrons. The Labute approximate surface area is 110 Å². The molecule has 1 N–H and O–H groups in total. The molecule has 1 atom stereocenters. The first-order valence-corrected chi connectivity index (χ1v) is 7.30. The van der Waals surface area contributed by atoms with E-state index in [-0.39, 0.29) is 17.5 Å². The Hall–Kier alpha value is -0.180. The molecular formula is C10H14INO3S. The van der Waals surface area contributed by atoms with Gasteiger partial charge in [0.05, 0.1) is 11.0 Å². The third-order valence-electron chi connectivity index (χ3n) is 2.09. The first-order valence-electron chi connectivity index (χ1n) is 4.74. The van der Waals surface area contributed by atoms with Gasteiger partial charge in [-0.05, 0) is 53.8 Å². The first kappa shape index (κ1) is 13.9. The van der Waals surface area contributed by atoms with Crippen molar-refractivity contribution in [1.82, 2.24) is 4.72 Å². The summed E-state index contributed by atoms with van der Waals surface area (Å²) >= 11 is 2.13. The summed E-state index contributed by atoms with van der Waals surface area (Å²) < 4.78 is 32.1. The summed E-state index contributed by atoms with van der Waals surface area (Å²) in [4.78, 5) is 0.274. The van der Waals surface area contributed by atoms with Crippen molar-refractivity contribution in [3.8, 4) is 0 Å². The maximum absolute atomic E-state index is 11.8. The standard InChI is InChI=1S/C10H14INO3S/c1-8(15-2)7-12-16(13,14)10-5-3-9(11)4-6-10/h3-6,8,12H,7H2,1-2H3. The molecule has 4 nitrogen and oxygen atoms in total. The van der Waals surface area contributed by atoms with E-state index in [1.54, 1.807) is 38.3 Å². The zero-order valence-corrected chi connectivity index (χ0v) is 12.1. The molecule has 0 saturated heterocycles. The van der Waals surface area contributed by atoms with Crippen molar-refractivity contribution in [2.45, 2.75) is 17.9 Å². The highest BCUT2D eigenvalue weighted by molar-refractivity contribution is 14.1.